The Labute approximate surface area is 273 Å². The number of benzene rings is 3. The van der Waals surface area contributed by atoms with Gasteiger partial charge in [0.15, 0.2) is 11.5 Å². The standard InChI is InChI=1S/C35H32F2N4O7/c1-33(32(39)43)18-46-30-23(33)15-28(41-29(30)20-10-12-25-27(13-20)48-35(36,37)47-25)34(44,22-5-3-2-4-6-22)17-40-31(42)21-9-11-24(38)26(14-21)45-16-19-7-8-19/h2-6,9-15,19,44H,7-8,16-18,38H2,1H3,(H2,39,43)(H,40,42)/t33-,34+/m0/s1. The minimum Gasteiger partial charge on any atom is -0.491 e. The second kappa shape index (κ2) is 11.4. The van der Waals surface area contributed by atoms with Crippen LogP contribution in [0.4, 0.5) is 14.5 Å². The first-order valence-electron chi connectivity index (χ1n) is 15.3. The number of amides is 2. The van der Waals surface area contributed by atoms with Gasteiger partial charge in [-0.15, -0.1) is 8.78 Å². The second-order valence-electron chi connectivity index (χ2n) is 12.5. The summed E-state index contributed by atoms with van der Waals surface area (Å²) in [6.45, 7) is 1.63. The molecule has 1 fully saturated rings. The molecular weight excluding hydrogens is 626 g/mol. The van der Waals surface area contributed by atoms with Gasteiger partial charge in [-0.3, -0.25) is 9.59 Å². The highest BCUT2D eigenvalue weighted by Gasteiger charge is 2.47. The smallest absolute Gasteiger partial charge is 0.491 e. The van der Waals surface area contributed by atoms with Gasteiger partial charge in [0.05, 0.1) is 24.5 Å². The number of nitrogens with one attached hydrogen (secondary N) is 1. The molecule has 0 unspecified atom stereocenters. The van der Waals surface area contributed by atoms with Gasteiger partial charge in [0.2, 0.25) is 5.91 Å². The first-order chi connectivity index (χ1) is 22.9. The molecule has 7 rings (SSSR count). The molecule has 0 radical (unpaired) electrons. The minimum absolute atomic E-state index is 0.0366. The van der Waals surface area contributed by atoms with Crippen molar-refractivity contribution in [3.05, 3.63) is 95.2 Å². The third kappa shape index (κ3) is 5.59. The van der Waals surface area contributed by atoms with E-state index in [1.165, 1.54) is 24.3 Å². The van der Waals surface area contributed by atoms with E-state index >= 15 is 0 Å². The molecule has 2 aliphatic heterocycles. The maximum absolute atomic E-state index is 13.9. The normalized spacial score (nSPS) is 19.9. The van der Waals surface area contributed by atoms with Crippen molar-refractivity contribution in [2.45, 2.75) is 37.1 Å². The Bertz CT molecular complexity index is 1940. The van der Waals surface area contributed by atoms with Crippen LogP contribution in [-0.2, 0) is 15.8 Å². The van der Waals surface area contributed by atoms with Gasteiger partial charge in [-0.05, 0) is 73.7 Å². The lowest BCUT2D eigenvalue weighted by Crippen LogP contribution is -2.43. The Hall–Kier alpha value is -5.43. The van der Waals surface area contributed by atoms with Crippen molar-refractivity contribution in [2.75, 3.05) is 25.5 Å². The van der Waals surface area contributed by atoms with Crippen LogP contribution in [0.25, 0.3) is 11.3 Å². The average Bonchev–Trinajstić information content (AvgIpc) is 3.76. The molecule has 0 saturated heterocycles. The fourth-order valence-corrected chi connectivity index (χ4v) is 5.75. The zero-order valence-electron chi connectivity index (χ0n) is 25.8. The van der Waals surface area contributed by atoms with Crippen molar-refractivity contribution >= 4 is 17.5 Å². The molecule has 11 nitrogen and oxygen atoms in total. The van der Waals surface area contributed by atoms with Crippen LogP contribution >= 0.6 is 0 Å². The van der Waals surface area contributed by atoms with Crippen LogP contribution in [0.15, 0.2) is 72.8 Å². The predicted octanol–water partition coefficient (Wildman–Crippen LogP) is 4.24. The molecule has 0 bridgehead atoms. The van der Waals surface area contributed by atoms with E-state index in [0.717, 1.165) is 12.8 Å². The summed E-state index contributed by atoms with van der Waals surface area (Å²) in [5.74, 6) is -0.544. The number of anilines is 1. The van der Waals surface area contributed by atoms with E-state index in [0.29, 0.717) is 35.1 Å². The summed E-state index contributed by atoms with van der Waals surface area (Å²) in [5, 5.41) is 15.3. The molecule has 4 aromatic rings. The van der Waals surface area contributed by atoms with Crippen LogP contribution < -0.4 is 35.7 Å². The molecule has 48 heavy (non-hydrogen) atoms. The van der Waals surface area contributed by atoms with E-state index in [9.17, 15) is 23.5 Å². The Morgan fingerprint density at radius 2 is 1.81 bits per heavy atom. The largest absolute Gasteiger partial charge is 0.586 e. The first-order valence-corrected chi connectivity index (χ1v) is 15.3. The van der Waals surface area contributed by atoms with Crippen molar-refractivity contribution in [3.8, 4) is 34.3 Å². The fraction of sp³-hybridized carbons (Fsp3) is 0.286. The molecule has 3 aromatic carbocycles. The summed E-state index contributed by atoms with van der Waals surface area (Å²) in [6.07, 6.45) is -1.67. The number of aromatic nitrogens is 1. The Morgan fingerprint density at radius 1 is 1.06 bits per heavy atom. The third-order valence-electron chi connectivity index (χ3n) is 8.92. The number of carbonyl (C=O) groups is 2. The molecule has 1 aliphatic carbocycles. The van der Waals surface area contributed by atoms with Gasteiger partial charge in [-0.1, -0.05) is 30.3 Å². The number of pyridine rings is 1. The maximum atomic E-state index is 13.9. The molecular formula is C35H32F2N4O7. The van der Waals surface area contributed by atoms with E-state index < -0.39 is 29.1 Å². The number of nitrogens with zero attached hydrogens (tertiary/aromatic N) is 1. The van der Waals surface area contributed by atoms with Gasteiger partial charge in [-0.2, -0.15) is 0 Å². The van der Waals surface area contributed by atoms with E-state index in [4.69, 9.17) is 25.9 Å². The van der Waals surface area contributed by atoms with Crippen molar-refractivity contribution in [2.24, 2.45) is 11.7 Å². The molecule has 6 N–H and O–H groups in total. The van der Waals surface area contributed by atoms with E-state index in [1.54, 1.807) is 55.5 Å². The highest BCUT2D eigenvalue weighted by atomic mass is 19.3. The molecule has 2 atom stereocenters. The highest BCUT2D eigenvalue weighted by Crippen LogP contribution is 2.49. The number of hydrogen-bond donors (Lipinski definition) is 4. The van der Waals surface area contributed by atoms with E-state index in [2.05, 4.69) is 14.8 Å². The number of rotatable bonds is 10. The summed E-state index contributed by atoms with van der Waals surface area (Å²) >= 11 is 0. The van der Waals surface area contributed by atoms with Gasteiger partial charge in [0.1, 0.15) is 34.8 Å². The number of ether oxygens (including phenoxy) is 4. The van der Waals surface area contributed by atoms with Crippen LogP contribution in [-0.4, -0.2) is 48.0 Å². The number of alkyl halides is 2. The first kappa shape index (κ1) is 31.2. The lowest BCUT2D eigenvalue weighted by molar-refractivity contribution is -0.286. The van der Waals surface area contributed by atoms with E-state index in [-0.39, 0.29) is 52.9 Å². The van der Waals surface area contributed by atoms with Gasteiger partial charge >= 0.3 is 6.29 Å². The predicted molar refractivity (Wildman–Crippen MR) is 169 cm³/mol. The van der Waals surface area contributed by atoms with Crippen LogP contribution in [0.2, 0.25) is 0 Å². The monoisotopic (exact) mass is 658 g/mol. The molecule has 0 spiro atoms. The Kier molecular flexibility index (Phi) is 7.39. The number of hydrogen-bond acceptors (Lipinski definition) is 9. The van der Waals surface area contributed by atoms with Crippen LogP contribution in [0.1, 0.15) is 46.9 Å². The number of nitrogens with two attached hydrogens (primary N) is 2. The summed E-state index contributed by atoms with van der Waals surface area (Å²) in [5.41, 5.74) is 10.4. The van der Waals surface area contributed by atoms with Gasteiger partial charge in [0.25, 0.3) is 5.91 Å². The van der Waals surface area contributed by atoms with Gasteiger partial charge < -0.3 is 40.8 Å². The van der Waals surface area contributed by atoms with Crippen LogP contribution in [0.5, 0.6) is 23.0 Å². The van der Waals surface area contributed by atoms with Crippen LogP contribution in [0, 0.1) is 5.92 Å². The van der Waals surface area contributed by atoms with Crippen molar-refractivity contribution < 1.29 is 42.4 Å². The van der Waals surface area contributed by atoms with Gasteiger partial charge in [-0.25, -0.2) is 4.98 Å². The quantitative estimate of drug-likeness (QED) is 0.182. The Balaban J connectivity index is 1.29. The third-order valence-corrected chi connectivity index (χ3v) is 8.92. The molecule has 2 amide bonds. The molecule has 3 heterocycles. The SMILES string of the molecule is C[C@]1(C(N)=O)COc2c1cc([C@@](O)(CNC(=O)c1ccc(N)c(OCC3CC3)c1)c1ccccc1)nc2-c1ccc2c(c1)OC(F)(F)O2. The van der Waals surface area contributed by atoms with Crippen molar-refractivity contribution in [3.63, 3.8) is 0 Å². The van der Waals surface area contributed by atoms with Gasteiger partial charge in [0, 0.05) is 16.7 Å². The zero-order valence-corrected chi connectivity index (χ0v) is 25.8. The summed E-state index contributed by atoms with van der Waals surface area (Å²) in [6, 6.07) is 18.8. The Morgan fingerprint density at radius 3 is 2.54 bits per heavy atom. The summed E-state index contributed by atoms with van der Waals surface area (Å²) < 4.78 is 48.7. The topological polar surface area (TPSA) is 168 Å². The number of aliphatic hydroxyl groups is 1. The number of primary amides is 1. The number of fused-ring (bicyclic) bond motifs is 2. The van der Waals surface area contributed by atoms with E-state index in [1.807, 2.05) is 0 Å². The number of carbonyl (C=O) groups excluding carboxylic acids is 2. The number of halogens is 2. The maximum Gasteiger partial charge on any atom is 0.586 e. The molecule has 3 aliphatic rings. The second-order valence-corrected chi connectivity index (χ2v) is 12.5. The molecule has 1 saturated carbocycles. The fourth-order valence-electron chi connectivity index (χ4n) is 5.75. The average molecular weight is 659 g/mol. The summed E-state index contributed by atoms with van der Waals surface area (Å²) in [4.78, 5) is 31.0. The lowest BCUT2D eigenvalue weighted by Gasteiger charge is -2.30. The molecule has 1 aromatic heterocycles. The zero-order chi connectivity index (χ0) is 33.8. The van der Waals surface area contributed by atoms with Crippen molar-refractivity contribution in [1.29, 1.82) is 0 Å². The van der Waals surface area contributed by atoms with Crippen molar-refractivity contribution in [1.82, 2.24) is 10.3 Å². The molecule has 13 heteroatoms. The number of nitrogen functional groups attached to an aromatic ring is 1. The molecule has 248 valence electrons. The van der Waals surface area contributed by atoms with Crippen LogP contribution in [0.3, 0.4) is 0 Å². The minimum atomic E-state index is -3.85. The highest BCUT2D eigenvalue weighted by molar-refractivity contribution is 5.95. The lowest BCUT2D eigenvalue weighted by atomic mass is 9.80. The summed E-state index contributed by atoms with van der Waals surface area (Å²) in [7, 11) is 0.